The largest absolute Gasteiger partial charge is 0.382 e. The Morgan fingerprint density at radius 1 is 1.33 bits per heavy atom. The number of carbonyl (C=O) groups excluding carboxylic acids is 1. The van der Waals surface area contributed by atoms with Crippen LogP contribution in [0.2, 0.25) is 0 Å². The van der Waals surface area contributed by atoms with Gasteiger partial charge in [-0.25, -0.2) is 4.98 Å². The SMILES string of the molecule is CC1CCCN(C(=O)c2sc(N3CCC(N)C3)nc2N)C1. The summed E-state index contributed by atoms with van der Waals surface area (Å²) >= 11 is 1.40. The Morgan fingerprint density at radius 3 is 2.81 bits per heavy atom. The second-order valence-corrected chi connectivity index (χ2v) is 7.18. The minimum absolute atomic E-state index is 0.0336. The fourth-order valence-corrected chi connectivity index (χ4v) is 4.08. The standard InChI is InChI=1S/C14H23N5OS/c1-9-3-2-5-18(7-9)13(20)11-12(16)17-14(21-11)19-6-4-10(15)8-19/h9-10H,2-8,15-16H2,1H3. The van der Waals surface area contributed by atoms with Gasteiger partial charge in [-0.15, -0.1) is 0 Å². The van der Waals surface area contributed by atoms with Crippen LogP contribution in [-0.4, -0.2) is 48.0 Å². The lowest BCUT2D eigenvalue weighted by molar-refractivity contribution is 0.0689. The minimum atomic E-state index is 0.0336. The lowest BCUT2D eigenvalue weighted by Gasteiger charge is -2.30. The van der Waals surface area contributed by atoms with E-state index in [0.29, 0.717) is 16.6 Å². The first kappa shape index (κ1) is 14.6. The number of hydrogen-bond donors (Lipinski definition) is 2. The van der Waals surface area contributed by atoms with Crippen molar-refractivity contribution in [1.82, 2.24) is 9.88 Å². The summed E-state index contributed by atoms with van der Waals surface area (Å²) in [5.41, 5.74) is 11.9. The van der Waals surface area contributed by atoms with Gasteiger partial charge in [0, 0.05) is 32.2 Å². The topological polar surface area (TPSA) is 88.5 Å². The first-order valence-electron chi connectivity index (χ1n) is 7.60. The average Bonchev–Trinajstić information content (AvgIpc) is 3.04. The quantitative estimate of drug-likeness (QED) is 0.855. The van der Waals surface area contributed by atoms with Gasteiger partial charge in [-0.05, 0) is 25.2 Å². The van der Waals surface area contributed by atoms with Crippen molar-refractivity contribution >= 4 is 28.2 Å². The Morgan fingerprint density at radius 2 is 2.14 bits per heavy atom. The van der Waals surface area contributed by atoms with E-state index in [1.807, 2.05) is 4.90 Å². The number of nitrogens with two attached hydrogens (primary N) is 2. The maximum atomic E-state index is 12.6. The molecule has 1 amide bonds. The smallest absolute Gasteiger partial charge is 0.267 e. The molecule has 0 radical (unpaired) electrons. The molecule has 0 bridgehead atoms. The van der Waals surface area contributed by atoms with Gasteiger partial charge in [0.2, 0.25) is 0 Å². The molecule has 21 heavy (non-hydrogen) atoms. The van der Waals surface area contributed by atoms with Crippen LogP contribution in [0, 0.1) is 5.92 Å². The summed E-state index contributed by atoms with van der Waals surface area (Å²) in [7, 11) is 0. The van der Waals surface area contributed by atoms with Crippen LogP contribution in [0.15, 0.2) is 0 Å². The predicted molar refractivity (Wildman–Crippen MR) is 85.6 cm³/mol. The number of nitrogens with zero attached hydrogens (tertiary/aromatic N) is 3. The zero-order valence-corrected chi connectivity index (χ0v) is 13.2. The predicted octanol–water partition coefficient (Wildman–Crippen LogP) is 1.13. The maximum absolute atomic E-state index is 12.6. The number of hydrogen-bond acceptors (Lipinski definition) is 6. The van der Waals surface area contributed by atoms with Crippen LogP contribution in [0.4, 0.5) is 10.9 Å². The third-order valence-electron chi connectivity index (χ3n) is 4.28. The molecule has 0 aromatic carbocycles. The molecule has 2 saturated heterocycles. The number of amides is 1. The first-order chi connectivity index (χ1) is 10.0. The van der Waals surface area contributed by atoms with Gasteiger partial charge in [-0.3, -0.25) is 4.79 Å². The summed E-state index contributed by atoms with van der Waals surface area (Å²) in [4.78, 5) is 21.6. The Bertz CT molecular complexity index is 531. The van der Waals surface area contributed by atoms with E-state index in [1.54, 1.807) is 0 Å². The summed E-state index contributed by atoms with van der Waals surface area (Å²) in [6.45, 7) is 5.51. The van der Waals surface area contributed by atoms with Crippen molar-refractivity contribution < 1.29 is 4.79 Å². The molecular formula is C14H23N5OS. The molecule has 2 aliphatic rings. The summed E-state index contributed by atoms with van der Waals surface area (Å²) in [5, 5.41) is 0.828. The molecule has 1 aromatic rings. The average molecular weight is 309 g/mol. The van der Waals surface area contributed by atoms with Gasteiger partial charge in [0.25, 0.3) is 5.91 Å². The van der Waals surface area contributed by atoms with E-state index in [1.165, 1.54) is 17.8 Å². The molecule has 0 aliphatic carbocycles. The van der Waals surface area contributed by atoms with Crippen molar-refractivity contribution in [2.75, 3.05) is 36.8 Å². The Kier molecular flexibility index (Phi) is 4.03. The highest BCUT2D eigenvalue weighted by Gasteiger charge is 2.28. The summed E-state index contributed by atoms with van der Waals surface area (Å²) in [6, 6.07) is 0.192. The summed E-state index contributed by atoms with van der Waals surface area (Å²) < 4.78 is 0. The number of nitrogen functional groups attached to an aromatic ring is 1. The fraction of sp³-hybridized carbons (Fsp3) is 0.714. The Labute approximate surface area is 129 Å². The number of aromatic nitrogens is 1. The highest BCUT2D eigenvalue weighted by Crippen LogP contribution is 2.32. The summed E-state index contributed by atoms with van der Waals surface area (Å²) in [6.07, 6.45) is 3.23. The molecule has 0 saturated carbocycles. The number of likely N-dealkylation sites (tertiary alicyclic amines) is 1. The number of piperidine rings is 1. The molecule has 2 unspecified atom stereocenters. The van der Waals surface area contributed by atoms with Crippen molar-refractivity contribution in [3.05, 3.63) is 4.88 Å². The van der Waals surface area contributed by atoms with Crippen LogP contribution in [0.1, 0.15) is 35.9 Å². The van der Waals surface area contributed by atoms with Crippen molar-refractivity contribution in [3.8, 4) is 0 Å². The number of carbonyl (C=O) groups is 1. The van der Waals surface area contributed by atoms with E-state index >= 15 is 0 Å². The first-order valence-corrected chi connectivity index (χ1v) is 8.42. The Balaban J connectivity index is 1.76. The number of thiazole rings is 1. The van der Waals surface area contributed by atoms with Crippen LogP contribution in [-0.2, 0) is 0 Å². The van der Waals surface area contributed by atoms with Gasteiger partial charge in [0.05, 0.1) is 0 Å². The van der Waals surface area contributed by atoms with Gasteiger partial charge in [-0.2, -0.15) is 0 Å². The van der Waals surface area contributed by atoms with Crippen molar-refractivity contribution in [3.63, 3.8) is 0 Å². The maximum Gasteiger partial charge on any atom is 0.267 e. The Hall–Kier alpha value is -1.34. The molecule has 6 nitrogen and oxygen atoms in total. The molecule has 1 aromatic heterocycles. The number of anilines is 2. The molecule has 116 valence electrons. The highest BCUT2D eigenvalue weighted by atomic mass is 32.1. The second-order valence-electron chi connectivity index (χ2n) is 6.20. The zero-order valence-electron chi connectivity index (χ0n) is 12.4. The molecule has 3 rings (SSSR count). The van der Waals surface area contributed by atoms with Gasteiger partial charge in [0.1, 0.15) is 10.7 Å². The van der Waals surface area contributed by atoms with Crippen molar-refractivity contribution in [2.24, 2.45) is 11.7 Å². The van der Waals surface area contributed by atoms with Crippen LogP contribution in [0.25, 0.3) is 0 Å². The van der Waals surface area contributed by atoms with Crippen LogP contribution < -0.4 is 16.4 Å². The molecule has 0 spiro atoms. The lowest BCUT2D eigenvalue weighted by Crippen LogP contribution is -2.39. The summed E-state index contributed by atoms with van der Waals surface area (Å²) in [5.74, 6) is 0.956. The van der Waals surface area contributed by atoms with E-state index < -0.39 is 0 Å². The van der Waals surface area contributed by atoms with E-state index in [0.717, 1.165) is 44.2 Å². The van der Waals surface area contributed by atoms with Crippen LogP contribution >= 0.6 is 11.3 Å². The molecular weight excluding hydrogens is 286 g/mol. The van der Waals surface area contributed by atoms with Gasteiger partial charge in [-0.1, -0.05) is 18.3 Å². The third-order valence-corrected chi connectivity index (χ3v) is 5.40. The zero-order chi connectivity index (χ0) is 15.0. The molecule has 7 heteroatoms. The van der Waals surface area contributed by atoms with Crippen molar-refractivity contribution in [1.29, 1.82) is 0 Å². The van der Waals surface area contributed by atoms with E-state index in [9.17, 15) is 4.79 Å². The minimum Gasteiger partial charge on any atom is -0.382 e. The lowest BCUT2D eigenvalue weighted by atomic mass is 10.0. The van der Waals surface area contributed by atoms with E-state index in [2.05, 4.69) is 16.8 Å². The van der Waals surface area contributed by atoms with Crippen molar-refractivity contribution in [2.45, 2.75) is 32.2 Å². The molecule has 2 aliphatic heterocycles. The fourth-order valence-electron chi connectivity index (χ4n) is 3.09. The highest BCUT2D eigenvalue weighted by molar-refractivity contribution is 7.18. The molecule has 3 heterocycles. The van der Waals surface area contributed by atoms with E-state index in [4.69, 9.17) is 11.5 Å². The van der Waals surface area contributed by atoms with Gasteiger partial charge in [0.15, 0.2) is 5.13 Å². The molecule has 2 fully saturated rings. The third kappa shape index (κ3) is 2.98. The van der Waals surface area contributed by atoms with Crippen LogP contribution in [0.5, 0.6) is 0 Å². The molecule has 4 N–H and O–H groups in total. The van der Waals surface area contributed by atoms with Crippen LogP contribution in [0.3, 0.4) is 0 Å². The normalized spacial score (nSPS) is 26.4. The van der Waals surface area contributed by atoms with Gasteiger partial charge < -0.3 is 21.3 Å². The monoisotopic (exact) mass is 309 g/mol. The van der Waals surface area contributed by atoms with E-state index in [-0.39, 0.29) is 11.9 Å². The van der Waals surface area contributed by atoms with Gasteiger partial charge >= 0.3 is 0 Å². The second kappa shape index (κ2) is 5.81. The molecule has 2 atom stereocenters. The number of rotatable bonds is 2.